The number of hydrogen-bond donors (Lipinski definition) is 0. The lowest BCUT2D eigenvalue weighted by Crippen LogP contribution is -2.15. The van der Waals surface area contributed by atoms with E-state index in [-0.39, 0.29) is 5.41 Å². The van der Waals surface area contributed by atoms with Crippen molar-refractivity contribution in [3.05, 3.63) is 151 Å². The molecule has 1 aromatic heterocycles. The Balaban J connectivity index is 1.24. The van der Waals surface area contributed by atoms with Crippen molar-refractivity contribution in [3.8, 4) is 44.8 Å². The van der Waals surface area contributed by atoms with Crippen LogP contribution in [-0.2, 0) is 5.41 Å². The number of nitrogens with zero attached hydrogens (tertiary/aromatic N) is 1. The largest absolute Gasteiger partial charge is 0.436 e. The van der Waals surface area contributed by atoms with Crippen molar-refractivity contribution in [1.29, 1.82) is 0 Å². The number of aromatic nitrogens is 1. The normalized spacial score (nSPS) is 13.4. The fraction of sp³-hybridized carbons (Fsp3) is 0.0714. The summed E-state index contributed by atoms with van der Waals surface area (Å²) in [5.74, 6) is 0.665. The third kappa shape index (κ3) is 3.58. The minimum Gasteiger partial charge on any atom is -0.436 e. The summed E-state index contributed by atoms with van der Waals surface area (Å²) in [6.07, 6.45) is 0. The Morgan fingerprint density at radius 1 is 0.477 bits per heavy atom. The molecule has 0 unspecified atom stereocenters. The Bertz CT molecular complexity index is 2320. The molecule has 8 aromatic rings. The lowest BCUT2D eigenvalue weighted by molar-refractivity contribution is 0.618. The van der Waals surface area contributed by atoms with Crippen LogP contribution >= 0.6 is 0 Å². The van der Waals surface area contributed by atoms with Gasteiger partial charge in [0.2, 0.25) is 5.89 Å². The van der Waals surface area contributed by atoms with Crippen molar-refractivity contribution >= 4 is 32.6 Å². The van der Waals surface area contributed by atoms with Crippen LogP contribution in [0.15, 0.2) is 144 Å². The van der Waals surface area contributed by atoms with Crippen molar-refractivity contribution in [2.24, 2.45) is 0 Å². The monoisotopic (exact) mass is 563 g/mol. The van der Waals surface area contributed by atoms with Gasteiger partial charge in [-0.3, -0.25) is 0 Å². The first-order valence-corrected chi connectivity index (χ1v) is 15.2. The van der Waals surface area contributed by atoms with Crippen LogP contribution in [-0.4, -0.2) is 4.98 Å². The highest BCUT2D eigenvalue weighted by Gasteiger charge is 2.36. The second-order valence-electron chi connectivity index (χ2n) is 12.3. The smallest absolute Gasteiger partial charge is 0.227 e. The molecule has 0 saturated heterocycles. The van der Waals surface area contributed by atoms with E-state index >= 15 is 0 Å². The van der Waals surface area contributed by atoms with Crippen molar-refractivity contribution < 1.29 is 4.42 Å². The Labute approximate surface area is 256 Å². The number of para-hydroxylation sites is 2. The number of rotatable bonds is 3. The van der Waals surface area contributed by atoms with E-state index in [1.165, 1.54) is 66.1 Å². The molecule has 7 aromatic carbocycles. The molecule has 0 atom stereocenters. The summed E-state index contributed by atoms with van der Waals surface area (Å²) in [7, 11) is 0. The molecule has 0 fully saturated rings. The summed E-state index contributed by atoms with van der Waals surface area (Å²) in [5, 5.41) is 5.10. The average molecular weight is 564 g/mol. The number of hydrogen-bond acceptors (Lipinski definition) is 2. The van der Waals surface area contributed by atoms with Crippen LogP contribution in [0, 0.1) is 0 Å². The van der Waals surface area contributed by atoms with Gasteiger partial charge >= 0.3 is 0 Å². The standard InChI is InChI=1S/C42H29NO/c1-42(2)35-24-27(20-22-29(35)30-23-21-28(25-36(30)42)41-43-37-18-10-11-19-38(37)44-41)40-33-16-8-6-14-31(33)39(26-12-4-3-5-13-26)32-15-7-9-17-34(32)40/h3-25H,1-2H3. The second kappa shape index (κ2) is 9.26. The predicted octanol–water partition coefficient (Wildman–Crippen LogP) is 11.4. The molecule has 1 aliphatic carbocycles. The summed E-state index contributed by atoms with van der Waals surface area (Å²) in [6.45, 7) is 4.68. The van der Waals surface area contributed by atoms with Crippen molar-refractivity contribution in [2.75, 3.05) is 0 Å². The van der Waals surface area contributed by atoms with E-state index in [0.29, 0.717) is 5.89 Å². The maximum atomic E-state index is 6.15. The molecule has 44 heavy (non-hydrogen) atoms. The molecule has 0 bridgehead atoms. The molecule has 0 N–H and O–H groups in total. The van der Waals surface area contributed by atoms with Gasteiger partial charge in [-0.25, -0.2) is 4.98 Å². The first-order valence-electron chi connectivity index (χ1n) is 15.2. The predicted molar refractivity (Wildman–Crippen MR) is 183 cm³/mol. The molecule has 1 heterocycles. The van der Waals surface area contributed by atoms with Crippen LogP contribution in [0.1, 0.15) is 25.0 Å². The molecule has 2 heteroatoms. The van der Waals surface area contributed by atoms with E-state index in [0.717, 1.165) is 16.7 Å². The first kappa shape index (κ1) is 25.1. The first-order chi connectivity index (χ1) is 21.6. The molecule has 2 nitrogen and oxygen atoms in total. The minimum atomic E-state index is -0.182. The fourth-order valence-electron chi connectivity index (χ4n) is 7.38. The maximum absolute atomic E-state index is 6.15. The van der Waals surface area contributed by atoms with E-state index in [4.69, 9.17) is 9.40 Å². The zero-order chi connectivity index (χ0) is 29.4. The zero-order valence-corrected chi connectivity index (χ0v) is 24.6. The minimum absolute atomic E-state index is 0.182. The van der Waals surface area contributed by atoms with E-state index < -0.39 is 0 Å². The highest BCUT2D eigenvalue weighted by Crippen LogP contribution is 2.52. The average Bonchev–Trinajstić information content (AvgIpc) is 3.60. The fourth-order valence-corrected chi connectivity index (χ4v) is 7.38. The lowest BCUT2D eigenvalue weighted by atomic mass is 9.80. The Morgan fingerprint density at radius 3 is 1.59 bits per heavy atom. The summed E-state index contributed by atoms with van der Waals surface area (Å²) in [4.78, 5) is 4.78. The molecule has 1 aliphatic rings. The van der Waals surface area contributed by atoms with Crippen molar-refractivity contribution in [1.82, 2.24) is 4.98 Å². The van der Waals surface area contributed by atoms with Gasteiger partial charge in [-0.2, -0.15) is 0 Å². The molecule has 9 rings (SSSR count). The van der Waals surface area contributed by atoms with Crippen molar-refractivity contribution in [3.63, 3.8) is 0 Å². The van der Waals surface area contributed by atoms with Crippen LogP contribution in [0.4, 0.5) is 0 Å². The third-order valence-electron chi connectivity index (χ3n) is 9.50. The zero-order valence-electron chi connectivity index (χ0n) is 24.6. The van der Waals surface area contributed by atoms with Gasteiger partial charge < -0.3 is 4.42 Å². The highest BCUT2D eigenvalue weighted by molar-refractivity contribution is 6.21. The second-order valence-corrected chi connectivity index (χ2v) is 12.3. The molecule has 208 valence electrons. The maximum Gasteiger partial charge on any atom is 0.227 e. The van der Waals surface area contributed by atoms with Crippen LogP contribution in [0.2, 0.25) is 0 Å². The number of benzene rings is 7. The van der Waals surface area contributed by atoms with Crippen LogP contribution in [0.25, 0.3) is 77.5 Å². The highest BCUT2D eigenvalue weighted by atomic mass is 16.3. The van der Waals surface area contributed by atoms with Gasteiger partial charge in [-0.1, -0.05) is 123 Å². The van der Waals surface area contributed by atoms with Crippen LogP contribution < -0.4 is 0 Å². The van der Waals surface area contributed by atoms with Crippen LogP contribution in [0.5, 0.6) is 0 Å². The summed E-state index contributed by atoms with van der Waals surface area (Å²) >= 11 is 0. The Hall–Kier alpha value is -5.47. The quantitative estimate of drug-likeness (QED) is 0.200. The number of oxazole rings is 1. The molecule has 0 spiro atoms. The van der Waals surface area contributed by atoms with Gasteiger partial charge in [0, 0.05) is 11.0 Å². The third-order valence-corrected chi connectivity index (χ3v) is 9.50. The van der Waals surface area contributed by atoms with Crippen LogP contribution in [0.3, 0.4) is 0 Å². The number of fused-ring (bicyclic) bond motifs is 6. The molecule has 0 amide bonds. The van der Waals surface area contributed by atoms with E-state index in [1.807, 2.05) is 24.3 Å². The summed E-state index contributed by atoms with van der Waals surface area (Å²) in [5.41, 5.74) is 12.8. The summed E-state index contributed by atoms with van der Waals surface area (Å²) < 4.78 is 6.15. The molecule has 0 saturated carbocycles. The van der Waals surface area contributed by atoms with E-state index in [1.54, 1.807) is 0 Å². The van der Waals surface area contributed by atoms with Gasteiger partial charge in [-0.05, 0) is 96.4 Å². The van der Waals surface area contributed by atoms with E-state index in [9.17, 15) is 0 Å². The van der Waals surface area contributed by atoms with Gasteiger partial charge in [-0.15, -0.1) is 0 Å². The molecular weight excluding hydrogens is 534 g/mol. The molecule has 0 aliphatic heterocycles. The van der Waals surface area contributed by atoms with Gasteiger partial charge in [0.25, 0.3) is 0 Å². The van der Waals surface area contributed by atoms with Gasteiger partial charge in [0.1, 0.15) is 5.52 Å². The lowest BCUT2D eigenvalue weighted by Gasteiger charge is -2.23. The molecular formula is C42H29NO. The van der Waals surface area contributed by atoms with Crippen molar-refractivity contribution in [2.45, 2.75) is 19.3 Å². The van der Waals surface area contributed by atoms with Gasteiger partial charge in [0.05, 0.1) is 0 Å². The topological polar surface area (TPSA) is 26.0 Å². The Kier molecular flexibility index (Phi) is 5.28. The van der Waals surface area contributed by atoms with E-state index in [2.05, 4.69) is 129 Å². The Morgan fingerprint density at radius 2 is 0.977 bits per heavy atom. The molecule has 0 radical (unpaired) electrons. The summed E-state index contributed by atoms with van der Waals surface area (Å²) in [6, 6.07) is 50.2. The van der Waals surface area contributed by atoms with Gasteiger partial charge in [0.15, 0.2) is 5.58 Å². The SMILES string of the molecule is CC1(C)c2cc(-c3nc4ccccc4o3)ccc2-c2ccc(-c3c4ccccc4c(-c4ccccc4)c4ccccc34)cc21.